The highest BCUT2D eigenvalue weighted by atomic mass is 127. The number of hydrogen-bond donors (Lipinski definition) is 2. The average molecular weight is 695 g/mol. The van der Waals surface area contributed by atoms with Gasteiger partial charge in [-0.15, -0.1) is 13.2 Å². The van der Waals surface area contributed by atoms with E-state index >= 15 is 0 Å². The Hall–Kier alpha value is -1.77. The summed E-state index contributed by atoms with van der Waals surface area (Å²) < 4.78 is 0. The molecule has 0 radical (unpaired) electrons. The van der Waals surface area contributed by atoms with E-state index in [4.69, 9.17) is 33.6 Å². The number of benzene rings is 1. The van der Waals surface area contributed by atoms with Crippen LogP contribution in [0.15, 0.2) is 62.1 Å². The van der Waals surface area contributed by atoms with Gasteiger partial charge in [0.2, 0.25) is 0 Å². The molecule has 0 saturated carbocycles. The first-order valence-corrected chi connectivity index (χ1v) is 17.7. The predicted molar refractivity (Wildman–Crippen MR) is 177 cm³/mol. The van der Waals surface area contributed by atoms with Crippen LogP contribution in [-0.4, -0.2) is 53.8 Å². The molecule has 39 heavy (non-hydrogen) atoms. The van der Waals surface area contributed by atoms with Crippen LogP contribution >= 0.6 is 51.6 Å². The van der Waals surface area contributed by atoms with Gasteiger partial charge < -0.3 is 14.9 Å². The van der Waals surface area contributed by atoms with E-state index in [1.165, 1.54) is 19.5 Å². The molecule has 5 rings (SSSR count). The Morgan fingerprint density at radius 3 is 2.46 bits per heavy atom. The lowest BCUT2D eigenvalue weighted by Gasteiger charge is -2.48. The first-order valence-electron chi connectivity index (χ1n) is 12.8. The number of halogens is 3. The van der Waals surface area contributed by atoms with E-state index in [2.05, 4.69) is 93.3 Å². The zero-order valence-electron chi connectivity index (χ0n) is 22.3. The summed E-state index contributed by atoms with van der Waals surface area (Å²) in [7, 11) is 2.21. The van der Waals surface area contributed by atoms with Crippen LogP contribution < -0.4 is 9.99 Å². The van der Waals surface area contributed by atoms with E-state index < -0.39 is 0 Å². The molecule has 6 nitrogen and oxygen atoms in total. The third-order valence-corrected chi connectivity index (χ3v) is 9.28. The number of nitrogens with one attached hydrogen (secondary N) is 2. The highest BCUT2D eigenvalue weighted by Gasteiger charge is 2.47. The van der Waals surface area contributed by atoms with Gasteiger partial charge in [0.05, 0.1) is 15.8 Å². The van der Waals surface area contributed by atoms with Crippen LogP contribution in [0.2, 0.25) is 10.0 Å². The number of likely N-dealkylation sites (tertiary alicyclic amines) is 1. The van der Waals surface area contributed by atoms with Crippen LogP contribution in [0, 0.1) is 10.8 Å². The predicted octanol–water partition coefficient (Wildman–Crippen LogP) is 7.85. The fourth-order valence-corrected chi connectivity index (χ4v) is 7.58. The highest BCUT2D eigenvalue weighted by Crippen LogP contribution is 2.41. The molecular weight excluding hydrogens is 661 g/mol. The Bertz CT molecular complexity index is 1300. The standard InChI is InChI=1S/C27H30Cl2IN6P.C2H4/c1-17(25-21(28)12-32-13-22(25)29)9-18-3-5-23(34-37-30)20(10-18)26(31)19-4-6-24(33-11-19)36-15-27(16-36)7-8-35(2)14-27;1-2/h3-6,10-13,17,31,34,37H,7-9,14-16H2,1-2H3;1-2H2/t17-;/m0./s1. The molecule has 3 aromatic rings. The summed E-state index contributed by atoms with van der Waals surface area (Å²) in [4.78, 5) is 13.6. The summed E-state index contributed by atoms with van der Waals surface area (Å²) in [5.41, 5.74) is 5.55. The minimum absolute atomic E-state index is 0.107. The maximum absolute atomic E-state index is 9.04. The van der Waals surface area contributed by atoms with Crippen LogP contribution in [0.1, 0.15) is 41.5 Å². The van der Waals surface area contributed by atoms with Gasteiger partial charge in [-0.1, -0.05) is 36.2 Å². The van der Waals surface area contributed by atoms with E-state index in [0.29, 0.717) is 27.5 Å². The maximum Gasteiger partial charge on any atom is 0.128 e. The van der Waals surface area contributed by atoms with Crippen molar-refractivity contribution in [1.82, 2.24) is 14.9 Å². The monoisotopic (exact) mass is 694 g/mol. The molecule has 2 aliphatic rings. The summed E-state index contributed by atoms with van der Waals surface area (Å²) in [5, 5.41) is 13.6. The number of hydrogen-bond acceptors (Lipinski definition) is 6. The normalized spacial score (nSPS) is 17.1. The fourth-order valence-electron chi connectivity index (χ4n) is 5.65. The molecule has 0 amide bonds. The fraction of sp³-hybridized carbons (Fsp3) is 0.345. The Morgan fingerprint density at radius 2 is 1.87 bits per heavy atom. The lowest BCUT2D eigenvalue weighted by Crippen LogP contribution is -2.57. The number of rotatable bonds is 8. The summed E-state index contributed by atoms with van der Waals surface area (Å²) in [6.45, 7) is 12.6. The Labute approximate surface area is 256 Å². The minimum atomic E-state index is 0.107. The summed E-state index contributed by atoms with van der Waals surface area (Å²) in [6, 6.07) is 10.4. The van der Waals surface area contributed by atoms with Crippen LogP contribution in [0.3, 0.4) is 0 Å². The molecule has 10 heteroatoms. The number of nitrogens with zero attached hydrogens (tertiary/aromatic N) is 4. The second kappa shape index (κ2) is 13.3. The summed E-state index contributed by atoms with van der Waals surface area (Å²) in [5.74, 6) is 1.10. The van der Waals surface area contributed by atoms with Gasteiger partial charge in [-0.2, -0.15) is 0 Å². The number of anilines is 2. The van der Waals surface area contributed by atoms with Gasteiger partial charge in [-0.05, 0) is 89.8 Å². The molecule has 0 bridgehead atoms. The van der Waals surface area contributed by atoms with Crippen LogP contribution in [0.4, 0.5) is 11.5 Å². The molecule has 206 valence electrons. The van der Waals surface area contributed by atoms with E-state index in [0.717, 1.165) is 53.3 Å². The molecule has 1 spiro atoms. The van der Waals surface area contributed by atoms with E-state index in [-0.39, 0.29) is 5.92 Å². The zero-order valence-corrected chi connectivity index (χ0v) is 26.9. The van der Waals surface area contributed by atoms with E-state index in [9.17, 15) is 0 Å². The van der Waals surface area contributed by atoms with Crippen molar-refractivity contribution >= 4 is 68.8 Å². The van der Waals surface area contributed by atoms with Crippen molar-refractivity contribution < 1.29 is 0 Å². The van der Waals surface area contributed by atoms with Crippen molar-refractivity contribution in [3.8, 4) is 0 Å². The lowest BCUT2D eigenvalue weighted by molar-refractivity contribution is 0.216. The SMILES string of the molecule is C=C.C[C@@H](Cc1ccc(NPI)c(C(=N)c2ccc(N3CC4(CCN(C)C4)C3)nc2)c1)c1c(Cl)cncc1Cl. The minimum Gasteiger partial charge on any atom is -0.358 e. The molecule has 2 aliphatic heterocycles. The van der Waals surface area contributed by atoms with Crippen molar-refractivity contribution in [3.05, 3.63) is 94.4 Å². The smallest absolute Gasteiger partial charge is 0.128 e. The van der Waals surface area contributed by atoms with Gasteiger partial charge in [0.1, 0.15) is 5.82 Å². The molecule has 2 saturated heterocycles. The van der Waals surface area contributed by atoms with Gasteiger partial charge >= 0.3 is 0 Å². The summed E-state index contributed by atoms with van der Waals surface area (Å²) in [6.07, 6.45) is 7.63. The van der Waals surface area contributed by atoms with Crippen molar-refractivity contribution in [2.24, 2.45) is 5.41 Å². The van der Waals surface area contributed by atoms with Gasteiger partial charge in [0.15, 0.2) is 0 Å². The molecule has 2 fully saturated rings. The third kappa shape index (κ3) is 6.76. The van der Waals surface area contributed by atoms with Crippen LogP contribution in [-0.2, 0) is 6.42 Å². The first-order chi connectivity index (χ1) is 18.8. The Balaban J connectivity index is 0.00000172. The third-order valence-electron chi connectivity index (χ3n) is 7.50. The van der Waals surface area contributed by atoms with Gasteiger partial charge in [-0.25, -0.2) is 4.98 Å². The lowest BCUT2D eigenvalue weighted by atomic mass is 9.79. The van der Waals surface area contributed by atoms with Crippen LogP contribution in [0.5, 0.6) is 0 Å². The molecule has 0 aliphatic carbocycles. The largest absolute Gasteiger partial charge is 0.358 e. The van der Waals surface area contributed by atoms with Gasteiger partial charge in [0.25, 0.3) is 0 Å². The first kappa shape index (κ1) is 30.2. The van der Waals surface area contributed by atoms with Crippen molar-refractivity contribution in [3.63, 3.8) is 0 Å². The summed E-state index contributed by atoms with van der Waals surface area (Å²) >= 11 is 15.1. The highest BCUT2D eigenvalue weighted by molar-refractivity contribution is 14.2. The molecule has 1 aromatic carbocycles. The molecular formula is C29H34Cl2IN6P. The Kier molecular flexibility index (Phi) is 10.3. The molecule has 1 unspecified atom stereocenters. The Morgan fingerprint density at radius 1 is 1.15 bits per heavy atom. The van der Waals surface area contributed by atoms with Gasteiger partial charge in [0, 0.05) is 66.8 Å². The zero-order chi connectivity index (χ0) is 28.2. The van der Waals surface area contributed by atoms with Crippen molar-refractivity contribution in [2.45, 2.75) is 25.7 Å². The van der Waals surface area contributed by atoms with Gasteiger partial charge in [-0.3, -0.25) is 10.4 Å². The molecule has 2 atom stereocenters. The van der Waals surface area contributed by atoms with E-state index in [1.54, 1.807) is 12.4 Å². The number of pyridine rings is 2. The van der Waals surface area contributed by atoms with Crippen LogP contribution in [0.25, 0.3) is 0 Å². The molecule has 4 heterocycles. The average Bonchev–Trinajstić information content (AvgIpc) is 3.32. The quantitative estimate of drug-likeness (QED) is 0.109. The van der Waals surface area contributed by atoms with E-state index in [1.807, 2.05) is 12.3 Å². The second-order valence-electron chi connectivity index (χ2n) is 10.3. The molecule has 2 aromatic heterocycles. The second-order valence-corrected chi connectivity index (χ2v) is 13.2. The van der Waals surface area contributed by atoms with Crippen molar-refractivity contribution in [1.29, 1.82) is 5.41 Å². The maximum atomic E-state index is 9.04. The molecule has 2 N–H and O–H groups in total. The number of aromatic nitrogens is 2. The topological polar surface area (TPSA) is 68.1 Å². The van der Waals surface area contributed by atoms with Crippen molar-refractivity contribution in [2.75, 3.05) is 43.2 Å².